The van der Waals surface area contributed by atoms with Gasteiger partial charge >= 0.3 is 5.69 Å². The number of H-pyrrole nitrogens is 1. The molecule has 8 heteroatoms. The van der Waals surface area contributed by atoms with Crippen molar-refractivity contribution in [2.24, 2.45) is 0 Å². The van der Waals surface area contributed by atoms with Crippen molar-refractivity contribution in [2.45, 2.75) is 37.3 Å². The Morgan fingerprint density at radius 1 is 1.20 bits per heavy atom. The van der Waals surface area contributed by atoms with Crippen LogP contribution in [0.5, 0.6) is 0 Å². The van der Waals surface area contributed by atoms with E-state index in [-0.39, 0.29) is 17.6 Å². The number of rotatable bonds is 2. The molecule has 0 bridgehead atoms. The first-order valence-corrected chi connectivity index (χ1v) is 8.54. The van der Waals surface area contributed by atoms with Crippen molar-refractivity contribution in [3.63, 3.8) is 0 Å². The summed E-state index contributed by atoms with van der Waals surface area (Å²) in [5.74, 6) is -3.07. The number of nitrogens with one attached hydrogen (secondary N) is 2. The third kappa shape index (κ3) is 2.95. The SMILES string of the molecule is O=C(C1CC(F)(F)CN1)N1CCC(n2c(=O)[nH]c3ccccc32)CC1. The molecule has 1 aromatic heterocycles. The molecule has 1 atom stereocenters. The monoisotopic (exact) mass is 350 g/mol. The topological polar surface area (TPSA) is 70.1 Å². The smallest absolute Gasteiger partial charge is 0.326 e. The zero-order chi connectivity index (χ0) is 17.6. The molecule has 0 radical (unpaired) electrons. The molecule has 0 aliphatic carbocycles. The minimum Gasteiger partial charge on any atom is -0.341 e. The lowest BCUT2D eigenvalue weighted by Crippen LogP contribution is -2.47. The van der Waals surface area contributed by atoms with Gasteiger partial charge < -0.3 is 9.88 Å². The maximum Gasteiger partial charge on any atom is 0.326 e. The Balaban J connectivity index is 1.46. The highest BCUT2D eigenvalue weighted by molar-refractivity contribution is 5.82. The minimum absolute atomic E-state index is 0.00526. The van der Waals surface area contributed by atoms with Crippen molar-refractivity contribution in [1.82, 2.24) is 19.8 Å². The van der Waals surface area contributed by atoms with E-state index in [1.807, 2.05) is 24.3 Å². The van der Waals surface area contributed by atoms with Gasteiger partial charge in [0.2, 0.25) is 5.91 Å². The standard InChI is InChI=1S/C17H20F2N4O2/c18-17(19)9-13(20-10-17)15(24)22-7-5-11(6-8-22)23-14-4-2-1-3-12(14)21-16(23)25/h1-4,11,13,20H,5-10H2,(H,21,25). The number of imidazole rings is 1. The van der Waals surface area contributed by atoms with Crippen LogP contribution in [-0.4, -0.2) is 52.0 Å². The lowest BCUT2D eigenvalue weighted by atomic mass is 10.0. The highest BCUT2D eigenvalue weighted by Gasteiger charge is 2.44. The number of fused-ring (bicyclic) bond motifs is 1. The molecule has 134 valence electrons. The number of hydrogen-bond acceptors (Lipinski definition) is 3. The quantitative estimate of drug-likeness (QED) is 0.862. The van der Waals surface area contributed by atoms with Crippen LogP contribution in [-0.2, 0) is 4.79 Å². The summed E-state index contributed by atoms with van der Waals surface area (Å²) in [4.78, 5) is 29.2. The number of aromatic nitrogens is 2. The van der Waals surface area contributed by atoms with Gasteiger partial charge in [-0.15, -0.1) is 0 Å². The molecule has 2 fully saturated rings. The Hall–Kier alpha value is -2.22. The summed E-state index contributed by atoms with van der Waals surface area (Å²) in [6.45, 7) is 0.503. The van der Waals surface area contributed by atoms with Crippen LogP contribution in [0.25, 0.3) is 11.0 Å². The van der Waals surface area contributed by atoms with Crippen molar-refractivity contribution < 1.29 is 13.6 Å². The molecule has 1 unspecified atom stereocenters. The highest BCUT2D eigenvalue weighted by Crippen LogP contribution is 2.29. The van der Waals surface area contributed by atoms with Crippen LogP contribution in [0.2, 0.25) is 0 Å². The zero-order valence-corrected chi connectivity index (χ0v) is 13.7. The summed E-state index contributed by atoms with van der Waals surface area (Å²) < 4.78 is 28.3. The van der Waals surface area contributed by atoms with Crippen LogP contribution in [0, 0.1) is 0 Å². The van der Waals surface area contributed by atoms with Gasteiger partial charge in [-0.2, -0.15) is 0 Å². The summed E-state index contributed by atoms with van der Waals surface area (Å²) in [6.07, 6.45) is 0.834. The number of para-hydroxylation sites is 2. The van der Waals surface area contributed by atoms with Crippen molar-refractivity contribution in [1.29, 1.82) is 0 Å². The fourth-order valence-electron chi connectivity index (χ4n) is 3.89. The number of benzene rings is 1. The third-order valence-electron chi connectivity index (χ3n) is 5.17. The molecule has 1 aromatic carbocycles. The van der Waals surface area contributed by atoms with Crippen LogP contribution in [0.1, 0.15) is 25.3 Å². The van der Waals surface area contributed by atoms with E-state index in [1.54, 1.807) is 9.47 Å². The van der Waals surface area contributed by atoms with Crippen LogP contribution in [0.3, 0.4) is 0 Å². The molecule has 2 aliphatic rings. The third-order valence-corrected chi connectivity index (χ3v) is 5.17. The number of halogens is 2. The summed E-state index contributed by atoms with van der Waals surface area (Å²) in [6, 6.07) is 6.71. The van der Waals surface area contributed by atoms with E-state index in [9.17, 15) is 18.4 Å². The molecule has 2 aliphatic heterocycles. The Morgan fingerprint density at radius 2 is 1.92 bits per heavy atom. The Labute approximate surface area is 142 Å². The Bertz CT molecular complexity index is 852. The number of hydrogen-bond donors (Lipinski definition) is 2. The number of carbonyl (C=O) groups excluding carboxylic acids is 1. The number of aromatic amines is 1. The van der Waals surface area contributed by atoms with E-state index in [4.69, 9.17) is 0 Å². The van der Waals surface area contributed by atoms with E-state index < -0.39 is 24.9 Å². The van der Waals surface area contributed by atoms with Gasteiger partial charge in [0.25, 0.3) is 5.92 Å². The second-order valence-electron chi connectivity index (χ2n) is 6.87. The Kier molecular flexibility index (Phi) is 3.87. The van der Waals surface area contributed by atoms with Crippen molar-refractivity contribution in [3.05, 3.63) is 34.7 Å². The molecule has 2 saturated heterocycles. The lowest BCUT2D eigenvalue weighted by Gasteiger charge is -2.34. The molecular formula is C17H20F2N4O2. The van der Waals surface area contributed by atoms with Crippen LogP contribution in [0.4, 0.5) is 8.78 Å². The largest absolute Gasteiger partial charge is 0.341 e. The predicted molar refractivity (Wildman–Crippen MR) is 88.8 cm³/mol. The molecular weight excluding hydrogens is 330 g/mol. The number of likely N-dealkylation sites (tertiary alicyclic amines) is 1. The van der Waals surface area contributed by atoms with Crippen LogP contribution < -0.4 is 11.0 Å². The first-order valence-electron chi connectivity index (χ1n) is 8.54. The van der Waals surface area contributed by atoms with E-state index in [0.717, 1.165) is 11.0 Å². The van der Waals surface area contributed by atoms with Gasteiger partial charge in [0.15, 0.2) is 0 Å². The molecule has 2 aromatic rings. The van der Waals surface area contributed by atoms with E-state index in [1.165, 1.54) is 0 Å². The first kappa shape index (κ1) is 16.3. The van der Waals surface area contributed by atoms with Gasteiger partial charge in [0, 0.05) is 25.6 Å². The van der Waals surface area contributed by atoms with Crippen molar-refractivity contribution >= 4 is 16.9 Å². The molecule has 2 N–H and O–H groups in total. The zero-order valence-electron chi connectivity index (χ0n) is 13.7. The minimum atomic E-state index is -2.81. The maximum atomic E-state index is 13.3. The maximum absolute atomic E-state index is 13.3. The molecule has 1 amide bonds. The number of piperidine rings is 1. The summed E-state index contributed by atoms with van der Waals surface area (Å²) in [5, 5.41) is 2.61. The molecule has 25 heavy (non-hydrogen) atoms. The highest BCUT2D eigenvalue weighted by atomic mass is 19.3. The number of amides is 1. The summed E-state index contributed by atoms with van der Waals surface area (Å²) in [7, 11) is 0. The van der Waals surface area contributed by atoms with Gasteiger partial charge in [-0.25, -0.2) is 13.6 Å². The van der Waals surface area contributed by atoms with Gasteiger partial charge in [-0.3, -0.25) is 14.7 Å². The summed E-state index contributed by atoms with van der Waals surface area (Å²) >= 11 is 0. The first-order chi connectivity index (χ1) is 11.9. The molecule has 4 rings (SSSR count). The summed E-state index contributed by atoms with van der Waals surface area (Å²) in [5.41, 5.74) is 1.50. The molecule has 6 nitrogen and oxygen atoms in total. The fourth-order valence-corrected chi connectivity index (χ4v) is 3.89. The second kappa shape index (κ2) is 5.94. The van der Waals surface area contributed by atoms with E-state index in [0.29, 0.717) is 25.9 Å². The van der Waals surface area contributed by atoms with Crippen LogP contribution in [0.15, 0.2) is 29.1 Å². The van der Waals surface area contributed by atoms with Gasteiger partial charge in [0.05, 0.1) is 23.6 Å². The van der Waals surface area contributed by atoms with Gasteiger partial charge in [-0.1, -0.05) is 12.1 Å². The fraction of sp³-hybridized carbons (Fsp3) is 0.529. The molecule has 3 heterocycles. The average molecular weight is 350 g/mol. The number of carbonyl (C=O) groups is 1. The van der Waals surface area contributed by atoms with Gasteiger partial charge in [-0.05, 0) is 25.0 Å². The van der Waals surface area contributed by atoms with E-state index >= 15 is 0 Å². The van der Waals surface area contributed by atoms with Crippen molar-refractivity contribution in [3.8, 4) is 0 Å². The predicted octanol–water partition coefficient (Wildman–Crippen LogP) is 1.49. The van der Waals surface area contributed by atoms with Crippen molar-refractivity contribution in [2.75, 3.05) is 19.6 Å². The normalized spacial score (nSPS) is 24.1. The van der Waals surface area contributed by atoms with E-state index in [2.05, 4.69) is 10.3 Å². The number of alkyl halides is 2. The van der Waals surface area contributed by atoms with Crippen LogP contribution >= 0.6 is 0 Å². The Morgan fingerprint density at radius 3 is 2.60 bits per heavy atom. The number of nitrogens with zero attached hydrogens (tertiary/aromatic N) is 2. The van der Waals surface area contributed by atoms with Gasteiger partial charge in [0.1, 0.15) is 0 Å². The average Bonchev–Trinajstić information content (AvgIpc) is 3.13. The molecule has 0 saturated carbocycles. The second-order valence-corrected chi connectivity index (χ2v) is 6.87. The molecule has 0 spiro atoms. The lowest BCUT2D eigenvalue weighted by molar-refractivity contribution is -0.135.